The molecule has 0 unspecified atom stereocenters. The third-order valence-corrected chi connectivity index (χ3v) is 3.27. The summed E-state index contributed by atoms with van der Waals surface area (Å²) < 4.78 is 28.8. The van der Waals surface area contributed by atoms with Crippen LogP contribution in [0.1, 0.15) is 11.1 Å². The minimum Gasteiger partial charge on any atom is -0.486 e. The first kappa shape index (κ1) is 15.1. The fraction of sp³-hybridized carbons (Fsp3) is 0.167. The molecule has 0 saturated heterocycles. The average Bonchev–Trinajstić information content (AvgIpc) is 2.59. The number of rotatable bonds is 4. The molecule has 2 aromatic rings. The van der Waals surface area contributed by atoms with E-state index < -0.39 is 5.97 Å². The van der Waals surface area contributed by atoms with Crippen LogP contribution in [0.2, 0.25) is 0 Å². The maximum Gasteiger partial charge on any atom is 0.331 e. The molecule has 0 spiro atoms. The van der Waals surface area contributed by atoms with Gasteiger partial charge in [0.25, 0.3) is 0 Å². The number of carbonyl (C=O) groups excluding carboxylic acids is 1. The van der Waals surface area contributed by atoms with Gasteiger partial charge in [-0.3, -0.25) is 0 Å². The Hall–Kier alpha value is -2.82. The van der Waals surface area contributed by atoms with Crippen LogP contribution in [0.3, 0.4) is 0 Å². The summed E-state index contributed by atoms with van der Waals surface area (Å²) in [4.78, 5) is 11.7. The van der Waals surface area contributed by atoms with Crippen LogP contribution in [0, 0.1) is 5.82 Å². The molecule has 0 atom stereocenters. The zero-order chi connectivity index (χ0) is 16.1. The fourth-order valence-corrected chi connectivity index (χ4v) is 2.11. The van der Waals surface area contributed by atoms with Gasteiger partial charge in [0, 0.05) is 6.08 Å². The number of fused-ring (bicyclic) bond motifs is 1. The topological polar surface area (TPSA) is 44.8 Å². The molecule has 3 rings (SSSR count). The van der Waals surface area contributed by atoms with Gasteiger partial charge in [0.2, 0.25) is 0 Å². The molecule has 0 amide bonds. The Kier molecular flexibility index (Phi) is 4.57. The van der Waals surface area contributed by atoms with Crippen molar-refractivity contribution in [3.05, 3.63) is 65.5 Å². The van der Waals surface area contributed by atoms with Crippen molar-refractivity contribution < 1.29 is 23.4 Å². The van der Waals surface area contributed by atoms with E-state index in [1.54, 1.807) is 30.3 Å². The van der Waals surface area contributed by atoms with Crippen molar-refractivity contribution in [1.29, 1.82) is 0 Å². The molecule has 0 aliphatic carbocycles. The van der Waals surface area contributed by atoms with Crippen molar-refractivity contribution in [2.45, 2.75) is 6.61 Å². The Morgan fingerprint density at radius 2 is 1.83 bits per heavy atom. The predicted molar refractivity (Wildman–Crippen MR) is 82.7 cm³/mol. The van der Waals surface area contributed by atoms with Gasteiger partial charge in [-0.2, -0.15) is 0 Å². The third kappa shape index (κ3) is 4.10. The van der Waals surface area contributed by atoms with E-state index in [1.165, 1.54) is 18.2 Å². The first-order valence-electron chi connectivity index (χ1n) is 7.20. The van der Waals surface area contributed by atoms with E-state index >= 15 is 0 Å². The molecule has 0 saturated carbocycles. The van der Waals surface area contributed by atoms with E-state index in [1.807, 2.05) is 6.07 Å². The molecule has 0 N–H and O–H groups in total. The normalized spacial score (nSPS) is 13.1. The lowest BCUT2D eigenvalue weighted by molar-refractivity contribution is -0.138. The molecule has 1 heterocycles. The average molecular weight is 314 g/mol. The van der Waals surface area contributed by atoms with Gasteiger partial charge in [0.1, 0.15) is 25.6 Å². The molecule has 23 heavy (non-hydrogen) atoms. The van der Waals surface area contributed by atoms with Crippen LogP contribution in [0.5, 0.6) is 11.5 Å². The number of benzene rings is 2. The van der Waals surface area contributed by atoms with Gasteiger partial charge >= 0.3 is 5.97 Å². The Bertz CT molecular complexity index is 722. The fourth-order valence-electron chi connectivity index (χ4n) is 2.11. The summed E-state index contributed by atoms with van der Waals surface area (Å²) in [5.41, 5.74) is 1.54. The van der Waals surface area contributed by atoms with Crippen molar-refractivity contribution >= 4 is 12.0 Å². The smallest absolute Gasteiger partial charge is 0.331 e. The summed E-state index contributed by atoms with van der Waals surface area (Å²) in [5, 5.41) is 0. The highest BCUT2D eigenvalue weighted by Gasteiger charge is 2.10. The molecule has 2 aromatic carbocycles. The lowest BCUT2D eigenvalue weighted by atomic mass is 10.2. The molecule has 118 valence electrons. The molecule has 0 radical (unpaired) electrons. The summed E-state index contributed by atoms with van der Waals surface area (Å²) in [7, 11) is 0. The quantitative estimate of drug-likeness (QED) is 0.641. The zero-order valence-corrected chi connectivity index (χ0v) is 12.3. The molecule has 5 heteroatoms. The Morgan fingerprint density at radius 3 is 2.61 bits per heavy atom. The van der Waals surface area contributed by atoms with Crippen LogP contribution < -0.4 is 9.47 Å². The highest BCUT2D eigenvalue weighted by molar-refractivity contribution is 5.87. The first-order chi connectivity index (χ1) is 11.2. The van der Waals surface area contributed by atoms with Gasteiger partial charge in [-0.25, -0.2) is 9.18 Å². The van der Waals surface area contributed by atoms with E-state index in [2.05, 4.69) is 0 Å². The second kappa shape index (κ2) is 6.96. The molecular weight excluding hydrogens is 299 g/mol. The number of hydrogen-bond donors (Lipinski definition) is 0. The zero-order valence-electron chi connectivity index (χ0n) is 12.3. The van der Waals surface area contributed by atoms with Crippen LogP contribution in [0.4, 0.5) is 4.39 Å². The Morgan fingerprint density at radius 1 is 1.09 bits per heavy atom. The van der Waals surface area contributed by atoms with Crippen molar-refractivity contribution in [2.75, 3.05) is 13.2 Å². The monoisotopic (exact) mass is 314 g/mol. The van der Waals surface area contributed by atoms with E-state index in [9.17, 15) is 9.18 Å². The van der Waals surface area contributed by atoms with Gasteiger partial charge in [-0.05, 0) is 41.5 Å². The van der Waals surface area contributed by atoms with Gasteiger partial charge in [0.15, 0.2) is 11.5 Å². The van der Waals surface area contributed by atoms with Crippen LogP contribution >= 0.6 is 0 Å². The molecule has 1 aliphatic rings. The summed E-state index contributed by atoms with van der Waals surface area (Å²) >= 11 is 0. The lowest BCUT2D eigenvalue weighted by Gasteiger charge is -2.18. The third-order valence-electron chi connectivity index (χ3n) is 3.27. The van der Waals surface area contributed by atoms with E-state index in [-0.39, 0.29) is 12.4 Å². The van der Waals surface area contributed by atoms with Crippen molar-refractivity contribution in [1.82, 2.24) is 0 Å². The maximum atomic E-state index is 12.8. The first-order valence-corrected chi connectivity index (χ1v) is 7.20. The molecule has 0 fully saturated rings. The Labute approximate surface area is 133 Å². The van der Waals surface area contributed by atoms with Gasteiger partial charge < -0.3 is 14.2 Å². The highest BCUT2D eigenvalue weighted by atomic mass is 19.1. The van der Waals surface area contributed by atoms with Gasteiger partial charge in [-0.15, -0.1) is 0 Å². The van der Waals surface area contributed by atoms with E-state index in [4.69, 9.17) is 14.2 Å². The Balaban J connectivity index is 1.56. The molecular formula is C18H15FO4. The number of ether oxygens (including phenoxy) is 3. The number of carbonyl (C=O) groups is 1. The van der Waals surface area contributed by atoms with Gasteiger partial charge in [0.05, 0.1) is 0 Å². The standard InChI is InChI=1S/C18H15FO4/c19-15-5-1-14(2-6-15)12-23-18(20)8-4-13-3-7-16-17(11-13)22-10-9-21-16/h1-8,11H,9-10,12H2. The number of halogens is 1. The number of hydrogen-bond acceptors (Lipinski definition) is 4. The second-order valence-electron chi connectivity index (χ2n) is 4.97. The van der Waals surface area contributed by atoms with E-state index in [0.717, 1.165) is 11.1 Å². The largest absolute Gasteiger partial charge is 0.486 e. The SMILES string of the molecule is O=C(C=Cc1ccc2c(c1)OCCO2)OCc1ccc(F)cc1. The van der Waals surface area contributed by atoms with Crippen LogP contribution in [-0.4, -0.2) is 19.2 Å². The van der Waals surface area contributed by atoms with Crippen LogP contribution in [0.15, 0.2) is 48.5 Å². The molecule has 0 aromatic heterocycles. The molecule has 4 nitrogen and oxygen atoms in total. The van der Waals surface area contributed by atoms with Crippen molar-refractivity contribution in [3.8, 4) is 11.5 Å². The summed E-state index contributed by atoms with van der Waals surface area (Å²) in [6.07, 6.45) is 2.99. The molecule has 0 bridgehead atoms. The van der Waals surface area contributed by atoms with Gasteiger partial charge in [-0.1, -0.05) is 18.2 Å². The van der Waals surface area contributed by atoms with E-state index in [0.29, 0.717) is 24.7 Å². The molecule has 1 aliphatic heterocycles. The number of esters is 1. The lowest BCUT2D eigenvalue weighted by Crippen LogP contribution is -2.15. The highest BCUT2D eigenvalue weighted by Crippen LogP contribution is 2.31. The maximum absolute atomic E-state index is 12.8. The van der Waals surface area contributed by atoms with Crippen molar-refractivity contribution in [3.63, 3.8) is 0 Å². The predicted octanol–water partition coefficient (Wildman–Crippen LogP) is 3.35. The minimum atomic E-state index is -0.468. The van der Waals surface area contributed by atoms with Crippen LogP contribution in [0.25, 0.3) is 6.08 Å². The summed E-state index contributed by atoms with van der Waals surface area (Å²) in [5.74, 6) is 0.577. The minimum absolute atomic E-state index is 0.102. The second-order valence-corrected chi connectivity index (χ2v) is 4.97. The van der Waals surface area contributed by atoms with Crippen molar-refractivity contribution in [2.24, 2.45) is 0 Å². The van der Waals surface area contributed by atoms with Crippen LogP contribution in [-0.2, 0) is 16.1 Å². The summed E-state index contributed by atoms with van der Waals surface area (Å²) in [6.45, 7) is 1.16. The summed E-state index contributed by atoms with van der Waals surface area (Å²) in [6, 6.07) is 11.2.